The molecule has 1 aromatic rings. The fourth-order valence-corrected chi connectivity index (χ4v) is 2.35. The predicted octanol–water partition coefficient (Wildman–Crippen LogP) is 2.02. The fourth-order valence-electron chi connectivity index (χ4n) is 2.16. The lowest BCUT2D eigenvalue weighted by molar-refractivity contribution is 0.301. The van der Waals surface area contributed by atoms with Crippen LogP contribution in [-0.2, 0) is 6.54 Å². The van der Waals surface area contributed by atoms with Gasteiger partial charge in [0, 0.05) is 29.8 Å². The molecular formula is C13H19ClN2O. The van der Waals surface area contributed by atoms with E-state index in [-0.39, 0.29) is 6.61 Å². The molecule has 3 nitrogen and oxygen atoms in total. The molecule has 94 valence electrons. The van der Waals surface area contributed by atoms with Gasteiger partial charge in [-0.2, -0.15) is 0 Å². The average Bonchev–Trinajstić information content (AvgIpc) is 3.11. The SMILES string of the molecule is CNCc1cc(Cl)ccc1N(CCO)C1CC1. The van der Waals surface area contributed by atoms with Gasteiger partial charge in [0.15, 0.2) is 0 Å². The van der Waals surface area contributed by atoms with E-state index < -0.39 is 0 Å². The molecule has 2 rings (SSSR count). The summed E-state index contributed by atoms with van der Waals surface area (Å²) in [6, 6.07) is 6.57. The van der Waals surface area contributed by atoms with E-state index in [1.165, 1.54) is 24.1 Å². The van der Waals surface area contributed by atoms with Crippen molar-refractivity contribution in [3.8, 4) is 0 Å². The normalized spacial score (nSPS) is 15.0. The molecule has 0 spiro atoms. The zero-order valence-electron chi connectivity index (χ0n) is 10.1. The highest BCUT2D eigenvalue weighted by Crippen LogP contribution is 2.34. The molecule has 0 bridgehead atoms. The first-order chi connectivity index (χ1) is 8.26. The standard InChI is InChI=1S/C13H19ClN2O/c1-15-9-10-8-11(14)2-5-13(10)16(6-7-17)12-3-4-12/h2,5,8,12,15,17H,3-4,6-7,9H2,1H3. The van der Waals surface area contributed by atoms with Gasteiger partial charge in [-0.25, -0.2) is 0 Å². The van der Waals surface area contributed by atoms with E-state index in [2.05, 4.69) is 16.3 Å². The second-order valence-electron chi connectivity index (χ2n) is 4.45. The van der Waals surface area contributed by atoms with Crippen molar-refractivity contribution < 1.29 is 5.11 Å². The van der Waals surface area contributed by atoms with Gasteiger partial charge in [0.25, 0.3) is 0 Å². The molecule has 0 amide bonds. The molecule has 2 N–H and O–H groups in total. The molecule has 0 radical (unpaired) electrons. The summed E-state index contributed by atoms with van der Waals surface area (Å²) in [5.74, 6) is 0. The Hall–Kier alpha value is -0.770. The highest BCUT2D eigenvalue weighted by atomic mass is 35.5. The van der Waals surface area contributed by atoms with Crippen molar-refractivity contribution in [1.82, 2.24) is 5.32 Å². The number of anilines is 1. The maximum Gasteiger partial charge on any atom is 0.0606 e. The van der Waals surface area contributed by atoms with Crippen LogP contribution in [0.4, 0.5) is 5.69 Å². The molecule has 1 aliphatic carbocycles. The van der Waals surface area contributed by atoms with Gasteiger partial charge >= 0.3 is 0 Å². The van der Waals surface area contributed by atoms with Crippen LogP contribution >= 0.6 is 11.6 Å². The van der Waals surface area contributed by atoms with Crippen LogP contribution in [0, 0.1) is 0 Å². The van der Waals surface area contributed by atoms with Gasteiger partial charge in [-0.1, -0.05) is 11.6 Å². The molecule has 17 heavy (non-hydrogen) atoms. The molecule has 0 saturated heterocycles. The Balaban J connectivity index is 2.27. The average molecular weight is 255 g/mol. The number of halogens is 1. The maximum absolute atomic E-state index is 9.17. The number of nitrogens with zero attached hydrogens (tertiary/aromatic N) is 1. The number of hydrogen-bond donors (Lipinski definition) is 2. The van der Waals surface area contributed by atoms with E-state index in [1.54, 1.807) is 0 Å². The van der Waals surface area contributed by atoms with Gasteiger partial charge in [0.05, 0.1) is 6.61 Å². The Morgan fingerprint density at radius 3 is 2.82 bits per heavy atom. The largest absolute Gasteiger partial charge is 0.395 e. The van der Waals surface area contributed by atoms with Crippen molar-refractivity contribution in [2.45, 2.75) is 25.4 Å². The minimum absolute atomic E-state index is 0.193. The maximum atomic E-state index is 9.17. The minimum Gasteiger partial charge on any atom is -0.395 e. The Morgan fingerprint density at radius 1 is 1.47 bits per heavy atom. The zero-order chi connectivity index (χ0) is 12.3. The molecule has 0 unspecified atom stereocenters. The Labute approximate surface area is 107 Å². The van der Waals surface area contributed by atoms with Gasteiger partial charge in [-0.05, 0) is 43.7 Å². The van der Waals surface area contributed by atoms with Crippen molar-refractivity contribution in [1.29, 1.82) is 0 Å². The van der Waals surface area contributed by atoms with E-state index in [0.717, 1.165) is 11.6 Å². The third kappa shape index (κ3) is 3.12. The zero-order valence-corrected chi connectivity index (χ0v) is 10.9. The molecule has 1 fully saturated rings. The molecule has 4 heteroatoms. The Kier molecular flexibility index (Phi) is 4.26. The molecule has 0 atom stereocenters. The fraction of sp³-hybridized carbons (Fsp3) is 0.538. The van der Waals surface area contributed by atoms with E-state index in [4.69, 9.17) is 16.7 Å². The van der Waals surface area contributed by atoms with E-state index >= 15 is 0 Å². The summed E-state index contributed by atoms with van der Waals surface area (Å²) in [5.41, 5.74) is 2.39. The van der Waals surface area contributed by atoms with Gasteiger partial charge < -0.3 is 15.3 Å². The number of nitrogens with one attached hydrogen (secondary N) is 1. The van der Waals surface area contributed by atoms with Crippen molar-refractivity contribution in [3.05, 3.63) is 28.8 Å². The van der Waals surface area contributed by atoms with Gasteiger partial charge in [0.1, 0.15) is 0 Å². The molecule has 1 aliphatic rings. The van der Waals surface area contributed by atoms with Gasteiger partial charge in [-0.15, -0.1) is 0 Å². The topological polar surface area (TPSA) is 35.5 Å². The highest BCUT2D eigenvalue weighted by molar-refractivity contribution is 6.30. The first kappa shape index (κ1) is 12.7. The number of hydrogen-bond acceptors (Lipinski definition) is 3. The third-order valence-electron chi connectivity index (χ3n) is 3.05. The molecule has 0 aromatic heterocycles. The monoisotopic (exact) mass is 254 g/mol. The first-order valence-corrected chi connectivity index (χ1v) is 6.44. The van der Waals surface area contributed by atoms with Crippen LogP contribution in [0.25, 0.3) is 0 Å². The Bertz CT molecular complexity index is 380. The Morgan fingerprint density at radius 2 is 2.24 bits per heavy atom. The number of rotatable bonds is 6. The molecule has 1 saturated carbocycles. The predicted molar refractivity (Wildman–Crippen MR) is 71.7 cm³/mol. The lowest BCUT2D eigenvalue weighted by Crippen LogP contribution is -2.30. The van der Waals surface area contributed by atoms with Crippen LogP contribution in [0.5, 0.6) is 0 Å². The van der Waals surface area contributed by atoms with Crippen LogP contribution in [0.3, 0.4) is 0 Å². The summed E-state index contributed by atoms with van der Waals surface area (Å²) in [6.45, 7) is 1.69. The summed E-state index contributed by atoms with van der Waals surface area (Å²) in [7, 11) is 1.93. The summed E-state index contributed by atoms with van der Waals surface area (Å²) in [6.07, 6.45) is 2.45. The van der Waals surface area contributed by atoms with Crippen LogP contribution in [-0.4, -0.2) is 31.3 Å². The van der Waals surface area contributed by atoms with Crippen molar-refractivity contribution in [3.63, 3.8) is 0 Å². The minimum atomic E-state index is 0.193. The van der Waals surface area contributed by atoms with Crippen LogP contribution in [0.15, 0.2) is 18.2 Å². The smallest absolute Gasteiger partial charge is 0.0606 e. The van der Waals surface area contributed by atoms with Crippen molar-refractivity contribution in [2.75, 3.05) is 25.1 Å². The lowest BCUT2D eigenvalue weighted by Gasteiger charge is -2.26. The van der Waals surface area contributed by atoms with Gasteiger partial charge in [-0.3, -0.25) is 0 Å². The second kappa shape index (κ2) is 5.71. The van der Waals surface area contributed by atoms with Gasteiger partial charge in [0.2, 0.25) is 0 Å². The summed E-state index contributed by atoms with van der Waals surface area (Å²) < 4.78 is 0. The first-order valence-electron chi connectivity index (χ1n) is 6.06. The van der Waals surface area contributed by atoms with E-state index in [9.17, 15) is 0 Å². The van der Waals surface area contributed by atoms with Crippen molar-refractivity contribution in [2.24, 2.45) is 0 Å². The van der Waals surface area contributed by atoms with E-state index in [0.29, 0.717) is 12.6 Å². The summed E-state index contributed by atoms with van der Waals surface area (Å²) in [5, 5.41) is 13.1. The van der Waals surface area contributed by atoms with E-state index in [1.807, 2.05) is 19.2 Å². The molecule has 0 aliphatic heterocycles. The molecule has 1 aromatic carbocycles. The second-order valence-corrected chi connectivity index (χ2v) is 4.89. The van der Waals surface area contributed by atoms with Crippen LogP contribution in [0.2, 0.25) is 5.02 Å². The number of benzene rings is 1. The number of aliphatic hydroxyl groups excluding tert-OH is 1. The molecule has 0 heterocycles. The highest BCUT2D eigenvalue weighted by Gasteiger charge is 2.29. The van der Waals surface area contributed by atoms with Crippen LogP contribution < -0.4 is 10.2 Å². The van der Waals surface area contributed by atoms with Crippen LogP contribution in [0.1, 0.15) is 18.4 Å². The summed E-state index contributed by atoms with van der Waals surface area (Å²) >= 11 is 6.03. The number of aliphatic hydroxyl groups is 1. The molecular weight excluding hydrogens is 236 g/mol. The third-order valence-corrected chi connectivity index (χ3v) is 3.28. The lowest BCUT2D eigenvalue weighted by atomic mass is 10.1. The summed E-state index contributed by atoms with van der Waals surface area (Å²) in [4.78, 5) is 2.29. The van der Waals surface area contributed by atoms with Crippen molar-refractivity contribution >= 4 is 17.3 Å². The quantitative estimate of drug-likeness (QED) is 0.815.